The molecule has 0 aromatic carbocycles. The average molecular weight is 269 g/mol. The van der Waals surface area contributed by atoms with Gasteiger partial charge in [-0.3, -0.25) is 9.78 Å². The van der Waals surface area contributed by atoms with Crippen LogP contribution in [0.15, 0.2) is 6.20 Å². The van der Waals surface area contributed by atoms with Gasteiger partial charge in [-0.1, -0.05) is 0 Å². The average Bonchev–Trinajstić information content (AvgIpc) is 2.13. The molecule has 1 heterocycles. The maximum Gasteiger partial charge on any atom is 0.418 e. The van der Waals surface area contributed by atoms with Crippen molar-refractivity contribution in [2.75, 3.05) is 0 Å². The molecule has 0 saturated carbocycles. The number of carbonyl (C=O) groups is 1. The standard InChI is InChI=1S/C10H8F5NO2/c1-4-5(10(13,14)15)3-16-6(2-7(17)18)8(4)9(11)12/h3,9H,2H2,1H3,(H,17,18). The van der Waals surface area contributed by atoms with E-state index in [1.54, 1.807) is 0 Å². The molecule has 0 aliphatic heterocycles. The molecule has 8 heteroatoms. The lowest BCUT2D eigenvalue weighted by Crippen LogP contribution is -2.15. The largest absolute Gasteiger partial charge is 0.481 e. The predicted octanol–water partition coefficient (Wildman–Crippen LogP) is 2.97. The minimum Gasteiger partial charge on any atom is -0.481 e. The van der Waals surface area contributed by atoms with Crippen molar-refractivity contribution in [3.05, 3.63) is 28.6 Å². The highest BCUT2D eigenvalue weighted by Crippen LogP contribution is 2.36. The van der Waals surface area contributed by atoms with Gasteiger partial charge in [0.1, 0.15) is 0 Å². The summed E-state index contributed by atoms with van der Waals surface area (Å²) in [6.07, 6.45) is -8.49. The highest BCUT2D eigenvalue weighted by molar-refractivity contribution is 5.70. The van der Waals surface area contributed by atoms with Gasteiger partial charge in [-0.2, -0.15) is 13.2 Å². The Hall–Kier alpha value is -1.73. The van der Waals surface area contributed by atoms with Crippen molar-refractivity contribution in [1.29, 1.82) is 0 Å². The molecule has 0 fully saturated rings. The highest BCUT2D eigenvalue weighted by Gasteiger charge is 2.35. The Kier molecular flexibility index (Phi) is 3.88. The van der Waals surface area contributed by atoms with Crippen molar-refractivity contribution in [2.24, 2.45) is 0 Å². The van der Waals surface area contributed by atoms with E-state index >= 15 is 0 Å². The maximum absolute atomic E-state index is 12.7. The van der Waals surface area contributed by atoms with Gasteiger partial charge in [0.2, 0.25) is 0 Å². The number of carboxylic acids is 1. The monoisotopic (exact) mass is 269 g/mol. The fourth-order valence-corrected chi connectivity index (χ4v) is 1.53. The third kappa shape index (κ3) is 2.93. The molecule has 0 aliphatic carbocycles. The maximum atomic E-state index is 12.7. The van der Waals surface area contributed by atoms with Crippen molar-refractivity contribution in [1.82, 2.24) is 4.98 Å². The minimum absolute atomic E-state index is 0.374. The zero-order chi connectivity index (χ0) is 14.1. The molecule has 100 valence electrons. The molecule has 0 amide bonds. The van der Waals surface area contributed by atoms with Crippen molar-refractivity contribution in [3.8, 4) is 0 Å². The summed E-state index contributed by atoms with van der Waals surface area (Å²) in [7, 11) is 0. The predicted molar refractivity (Wildman–Crippen MR) is 50.3 cm³/mol. The number of nitrogens with zero attached hydrogens (tertiary/aromatic N) is 1. The van der Waals surface area contributed by atoms with Crippen LogP contribution < -0.4 is 0 Å². The zero-order valence-electron chi connectivity index (χ0n) is 9.05. The Bertz CT molecular complexity index is 470. The molecule has 1 aromatic heterocycles. The van der Waals surface area contributed by atoms with Gasteiger partial charge in [0.15, 0.2) is 0 Å². The molecule has 0 radical (unpaired) electrons. The van der Waals surface area contributed by atoms with Gasteiger partial charge in [-0.25, -0.2) is 8.78 Å². The summed E-state index contributed by atoms with van der Waals surface area (Å²) in [6, 6.07) is 0. The highest BCUT2D eigenvalue weighted by atomic mass is 19.4. The van der Waals surface area contributed by atoms with Gasteiger partial charge in [0, 0.05) is 11.8 Å². The fourth-order valence-electron chi connectivity index (χ4n) is 1.53. The SMILES string of the molecule is Cc1c(C(F)(F)F)cnc(CC(=O)O)c1C(F)F. The van der Waals surface area contributed by atoms with Crippen LogP contribution in [0.3, 0.4) is 0 Å². The molecule has 0 atom stereocenters. The third-order valence-electron chi connectivity index (χ3n) is 2.31. The van der Waals surface area contributed by atoms with E-state index in [1.165, 1.54) is 0 Å². The first-order valence-corrected chi connectivity index (χ1v) is 4.70. The van der Waals surface area contributed by atoms with Crippen LogP contribution in [0, 0.1) is 6.92 Å². The van der Waals surface area contributed by atoms with Crippen LogP contribution in [0.1, 0.15) is 28.8 Å². The topological polar surface area (TPSA) is 50.2 Å². The fraction of sp³-hybridized carbons (Fsp3) is 0.400. The molecule has 0 unspecified atom stereocenters. The summed E-state index contributed by atoms with van der Waals surface area (Å²) in [6.45, 7) is 0.872. The molecule has 1 rings (SSSR count). The van der Waals surface area contributed by atoms with Gasteiger partial charge in [-0.05, 0) is 12.5 Å². The molecule has 1 aromatic rings. The summed E-state index contributed by atoms with van der Waals surface area (Å²) >= 11 is 0. The van der Waals surface area contributed by atoms with Crippen LogP contribution in [0.2, 0.25) is 0 Å². The summed E-state index contributed by atoms with van der Waals surface area (Å²) in [5.41, 5.74) is -3.49. The Morgan fingerprint density at radius 2 is 2.00 bits per heavy atom. The first-order valence-electron chi connectivity index (χ1n) is 4.70. The van der Waals surface area contributed by atoms with Gasteiger partial charge < -0.3 is 5.11 Å². The molecule has 3 nitrogen and oxygen atoms in total. The van der Waals surface area contributed by atoms with E-state index in [2.05, 4.69) is 4.98 Å². The number of pyridine rings is 1. The van der Waals surface area contributed by atoms with E-state index in [0.29, 0.717) is 6.20 Å². The number of alkyl halides is 5. The number of aromatic nitrogens is 1. The number of carboxylic acid groups (broad SMARTS) is 1. The summed E-state index contributed by atoms with van der Waals surface area (Å²) in [5.74, 6) is -1.44. The van der Waals surface area contributed by atoms with Crippen LogP contribution in [0.25, 0.3) is 0 Å². The smallest absolute Gasteiger partial charge is 0.418 e. The summed E-state index contributed by atoms with van der Waals surface area (Å²) in [5, 5.41) is 8.49. The second-order valence-corrected chi connectivity index (χ2v) is 3.53. The molecule has 0 spiro atoms. The first kappa shape index (κ1) is 14.3. The molecule has 18 heavy (non-hydrogen) atoms. The third-order valence-corrected chi connectivity index (χ3v) is 2.31. The first-order chi connectivity index (χ1) is 8.14. The van der Waals surface area contributed by atoms with E-state index in [4.69, 9.17) is 5.11 Å². The molecule has 0 bridgehead atoms. The zero-order valence-corrected chi connectivity index (χ0v) is 9.05. The molecular formula is C10H8F5NO2. The normalized spacial score (nSPS) is 11.9. The molecule has 0 saturated heterocycles. The lowest BCUT2D eigenvalue weighted by atomic mass is 10.0. The Morgan fingerprint density at radius 1 is 1.44 bits per heavy atom. The van der Waals surface area contributed by atoms with Gasteiger partial charge in [0.25, 0.3) is 6.43 Å². The lowest BCUT2D eigenvalue weighted by Gasteiger charge is -2.15. The van der Waals surface area contributed by atoms with E-state index in [-0.39, 0.29) is 0 Å². The Labute approximate surface area is 98.3 Å². The van der Waals surface area contributed by atoms with Gasteiger partial charge in [0.05, 0.1) is 17.7 Å². The van der Waals surface area contributed by atoms with E-state index in [1.807, 2.05) is 0 Å². The number of hydrogen-bond acceptors (Lipinski definition) is 2. The molecule has 1 N–H and O–H groups in total. The van der Waals surface area contributed by atoms with Crippen molar-refractivity contribution in [3.63, 3.8) is 0 Å². The second kappa shape index (κ2) is 4.87. The van der Waals surface area contributed by atoms with Gasteiger partial charge in [-0.15, -0.1) is 0 Å². The van der Waals surface area contributed by atoms with E-state index < -0.39 is 47.4 Å². The Balaban J connectivity index is 3.42. The van der Waals surface area contributed by atoms with Crippen LogP contribution in [0.4, 0.5) is 22.0 Å². The quantitative estimate of drug-likeness (QED) is 0.858. The van der Waals surface area contributed by atoms with Crippen molar-refractivity contribution >= 4 is 5.97 Å². The minimum atomic E-state index is -4.80. The number of hydrogen-bond donors (Lipinski definition) is 1. The van der Waals surface area contributed by atoms with Crippen LogP contribution in [-0.2, 0) is 17.4 Å². The summed E-state index contributed by atoms with van der Waals surface area (Å²) < 4.78 is 62.9. The molecular weight excluding hydrogens is 261 g/mol. The van der Waals surface area contributed by atoms with Gasteiger partial charge >= 0.3 is 12.1 Å². The van der Waals surface area contributed by atoms with E-state index in [9.17, 15) is 26.7 Å². The lowest BCUT2D eigenvalue weighted by molar-refractivity contribution is -0.138. The van der Waals surface area contributed by atoms with Crippen molar-refractivity contribution < 1.29 is 31.9 Å². The Morgan fingerprint density at radius 3 is 2.39 bits per heavy atom. The van der Waals surface area contributed by atoms with Crippen LogP contribution >= 0.6 is 0 Å². The number of halogens is 5. The number of rotatable bonds is 3. The summed E-state index contributed by atoms with van der Waals surface area (Å²) in [4.78, 5) is 13.6. The molecule has 0 aliphatic rings. The van der Waals surface area contributed by atoms with Crippen LogP contribution in [0.5, 0.6) is 0 Å². The van der Waals surface area contributed by atoms with Crippen LogP contribution in [-0.4, -0.2) is 16.1 Å². The second-order valence-electron chi connectivity index (χ2n) is 3.53. The number of aliphatic carboxylic acids is 1. The van der Waals surface area contributed by atoms with Crippen molar-refractivity contribution in [2.45, 2.75) is 25.9 Å². The van der Waals surface area contributed by atoms with E-state index in [0.717, 1.165) is 6.92 Å².